The lowest BCUT2D eigenvalue weighted by atomic mass is 10.1. The Kier molecular flexibility index (Phi) is 4.77. The Morgan fingerprint density at radius 2 is 1.96 bits per heavy atom. The number of ether oxygens (including phenoxy) is 1. The van der Waals surface area contributed by atoms with Gasteiger partial charge in [0.1, 0.15) is 11.5 Å². The normalized spacial score (nSPS) is 10.2. The van der Waals surface area contributed by atoms with Crippen LogP contribution in [-0.2, 0) is 0 Å². The van der Waals surface area contributed by atoms with Gasteiger partial charge in [-0.2, -0.15) is 0 Å². The number of aromatic nitrogens is 1. The highest BCUT2D eigenvalue weighted by Gasteiger charge is 2.08. The molecule has 0 atom stereocenters. The number of hydrogen-bond acceptors (Lipinski definition) is 3. The Labute approximate surface area is 145 Å². The van der Waals surface area contributed by atoms with Crippen LogP contribution in [0.4, 0.5) is 5.69 Å². The van der Waals surface area contributed by atoms with E-state index < -0.39 is 0 Å². The number of carbonyl (C=O) groups excluding carboxylic acids is 1. The summed E-state index contributed by atoms with van der Waals surface area (Å²) in [4.78, 5) is 16.3. The largest absolute Gasteiger partial charge is 0.456 e. The van der Waals surface area contributed by atoms with Crippen molar-refractivity contribution in [1.29, 1.82) is 0 Å². The van der Waals surface area contributed by atoms with E-state index >= 15 is 0 Å². The molecule has 2 aromatic carbocycles. The van der Waals surface area contributed by atoms with Gasteiger partial charge in [0, 0.05) is 28.5 Å². The van der Waals surface area contributed by atoms with Gasteiger partial charge in [0.15, 0.2) is 0 Å². The smallest absolute Gasteiger partial charge is 0.255 e. The van der Waals surface area contributed by atoms with Crippen LogP contribution in [0.1, 0.15) is 15.9 Å². The van der Waals surface area contributed by atoms with Gasteiger partial charge in [0.2, 0.25) is 0 Å². The third-order valence-electron chi connectivity index (χ3n) is 3.28. The van der Waals surface area contributed by atoms with Crippen molar-refractivity contribution in [2.75, 3.05) is 5.32 Å². The Morgan fingerprint density at radius 1 is 1.08 bits per heavy atom. The van der Waals surface area contributed by atoms with E-state index in [9.17, 15) is 4.79 Å². The minimum absolute atomic E-state index is 0.201. The first-order valence-corrected chi connectivity index (χ1v) is 7.74. The van der Waals surface area contributed by atoms with Crippen LogP contribution in [0.2, 0.25) is 5.02 Å². The number of rotatable bonds is 4. The van der Waals surface area contributed by atoms with Crippen LogP contribution in [0.25, 0.3) is 0 Å². The van der Waals surface area contributed by atoms with Gasteiger partial charge >= 0.3 is 0 Å². The van der Waals surface area contributed by atoms with Gasteiger partial charge in [0.05, 0.1) is 6.20 Å². The van der Waals surface area contributed by atoms with Crippen LogP contribution in [0, 0.1) is 6.92 Å². The lowest BCUT2D eigenvalue weighted by molar-refractivity contribution is 0.102. The molecule has 1 N–H and O–H groups in total. The molecular formula is C19H15ClN2O2. The second kappa shape index (κ2) is 7.15. The minimum atomic E-state index is -0.201. The second-order valence-corrected chi connectivity index (χ2v) is 5.73. The van der Waals surface area contributed by atoms with E-state index in [1.54, 1.807) is 48.8 Å². The predicted molar refractivity (Wildman–Crippen MR) is 94.9 cm³/mol. The van der Waals surface area contributed by atoms with Gasteiger partial charge in [-0.05, 0) is 43.3 Å². The van der Waals surface area contributed by atoms with Crippen molar-refractivity contribution in [2.24, 2.45) is 0 Å². The molecule has 0 unspecified atom stereocenters. The third-order valence-corrected chi connectivity index (χ3v) is 3.50. The van der Waals surface area contributed by atoms with Crippen molar-refractivity contribution in [3.63, 3.8) is 0 Å². The first-order valence-electron chi connectivity index (χ1n) is 7.37. The zero-order valence-electron chi connectivity index (χ0n) is 13.0. The van der Waals surface area contributed by atoms with Crippen molar-refractivity contribution < 1.29 is 9.53 Å². The summed E-state index contributed by atoms with van der Waals surface area (Å²) < 4.78 is 5.71. The van der Waals surface area contributed by atoms with Crippen molar-refractivity contribution in [1.82, 2.24) is 4.98 Å². The SMILES string of the molecule is Cc1cccc(C(=O)Nc2cc(Cl)cc(Oc3cccnc3)c2)c1. The molecule has 3 rings (SSSR count). The molecule has 0 saturated heterocycles. The number of hydrogen-bond donors (Lipinski definition) is 1. The number of halogens is 1. The number of aryl methyl sites for hydroxylation is 1. The molecule has 0 fully saturated rings. The molecule has 5 heteroatoms. The molecule has 0 radical (unpaired) electrons. The molecule has 1 amide bonds. The fourth-order valence-corrected chi connectivity index (χ4v) is 2.45. The summed E-state index contributed by atoms with van der Waals surface area (Å²) in [5.74, 6) is 0.916. The molecule has 0 aliphatic carbocycles. The average molecular weight is 339 g/mol. The fraction of sp³-hybridized carbons (Fsp3) is 0.0526. The van der Waals surface area contributed by atoms with Gasteiger partial charge in [-0.3, -0.25) is 9.78 Å². The van der Waals surface area contributed by atoms with Crippen LogP contribution in [0.5, 0.6) is 11.5 Å². The lowest BCUT2D eigenvalue weighted by Crippen LogP contribution is -2.12. The van der Waals surface area contributed by atoms with Crippen LogP contribution >= 0.6 is 11.6 Å². The highest BCUT2D eigenvalue weighted by Crippen LogP contribution is 2.28. The van der Waals surface area contributed by atoms with Crippen molar-refractivity contribution in [3.8, 4) is 11.5 Å². The van der Waals surface area contributed by atoms with E-state index in [0.29, 0.717) is 27.8 Å². The summed E-state index contributed by atoms with van der Waals surface area (Å²) in [6.45, 7) is 1.94. The number of amides is 1. The summed E-state index contributed by atoms with van der Waals surface area (Å²) in [6, 6.07) is 16.0. The summed E-state index contributed by atoms with van der Waals surface area (Å²) in [6.07, 6.45) is 3.27. The third kappa shape index (κ3) is 4.12. The van der Waals surface area contributed by atoms with Gasteiger partial charge < -0.3 is 10.1 Å². The quantitative estimate of drug-likeness (QED) is 0.721. The van der Waals surface area contributed by atoms with Crippen molar-refractivity contribution >= 4 is 23.2 Å². The van der Waals surface area contributed by atoms with Gasteiger partial charge in [-0.1, -0.05) is 29.3 Å². The molecule has 24 heavy (non-hydrogen) atoms. The van der Waals surface area contributed by atoms with Crippen LogP contribution in [-0.4, -0.2) is 10.9 Å². The van der Waals surface area contributed by atoms with E-state index in [1.165, 1.54) is 0 Å². The fourth-order valence-electron chi connectivity index (χ4n) is 2.23. The van der Waals surface area contributed by atoms with Crippen molar-refractivity contribution in [2.45, 2.75) is 6.92 Å². The molecule has 0 saturated carbocycles. The highest BCUT2D eigenvalue weighted by atomic mass is 35.5. The van der Waals surface area contributed by atoms with Crippen LogP contribution in [0.15, 0.2) is 67.0 Å². The molecule has 0 aliphatic rings. The zero-order chi connectivity index (χ0) is 16.9. The Morgan fingerprint density at radius 3 is 2.71 bits per heavy atom. The first-order chi connectivity index (χ1) is 11.6. The topological polar surface area (TPSA) is 51.2 Å². The second-order valence-electron chi connectivity index (χ2n) is 5.29. The van der Waals surface area contributed by atoms with Gasteiger partial charge in [0.25, 0.3) is 5.91 Å². The number of nitrogens with one attached hydrogen (secondary N) is 1. The Bertz CT molecular complexity index is 866. The van der Waals surface area contributed by atoms with Crippen LogP contribution < -0.4 is 10.1 Å². The molecule has 1 aromatic heterocycles. The van der Waals surface area contributed by atoms with Gasteiger partial charge in [-0.25, -0.2) is 0 Å². The zero-order valence-corrected chi connectivity index (χ0v) is 13.7. The van der Waals surface area contributed by atoms with E-state index in [0.717, 1.165) is 5.56 Å². The molecule has 0 aliphatic heterocycles. The standard InChI is InChI=1S/C19H15ClN2O2/c1-13-4-2-5-14(8-13)19(23)22-16-9-15(20)10-18(11-16)24-17-6-3-7-21-12-17/h2-12H,1H3,(H,22,23). The average Bonchev–Trinajstić information content (AvgIpc) is 2.55. The van der Waals surface area contributed by atoms with E-state index in [1.807, 2.05) is 25.1 Å². The highest BCUT2D eigenvalue weighted by molar-refractivity contribution is 6.31. The van der Waals surface area contributed by atoms with Crippen LogP contribution in [0.3, 0.4) is 0 Å². The summed E-state index contributed by atoms with van der Waals surface area (Å²) in [5.41, 5.74) is 2.17. The maximum Gasteiger partial charge on any atom is 0.255 e. The van der Waals surface area contributed by atoms with E-state index in [4.69, 9.17) is 16.3 Å². The van der Waals surface area contributed by atoms with Crippen molar-refractivity contribution in [3.05, 3.63) is 83.1 Å². The Balaban J connectivity index is 1.80. The lowest BCUT2D eigenvalue weighted by Gasteiger charge is -2.10. The molecule has 4 nitrogen and oxygen atoms in total. The number of pyridine rings is 1. The molecule has 1 heterocycles. The summed E-state index contributed by atoms with van der Waals surface area (Å²) >= 11 is 6.12. The van der Waals surface area contributed by atoms with E-state index in [-0.39, 0.29) is 5.91 Å². The number of nitrogens with zero attached hydrogens (tertiary/aromatic N) is 1. The predicted octanol–water partition coefficient (Wildman–Crippen LogP) is 5.09. The molecule has 3 aromatic rings. The maximum absolute atomic E-state index is 12.3. The molecule has 0 spiro atoms. The Hall–Kier alpha value is -2.85. The summed E-state index contributed by atoms with van der Waals surface area (Å²) in [5, 5.41) is 3.30. The number of carbonyl (C=O) groups is 1. The number of anilines is 1. The van der Waals surface area contributed by atoms with E-state index in [2.05, 4.69) is 10.3 Å². The van der Waals surface area contributed by atoms with Gasteiger partial charge in [-0.15, -0.1) is 0 Å². The number of benzene rings is 2. The molecule has 120 valence electrons. The monoisotopic (exact) mass is 338 g/mol. The summed E-state index contributed by atoms with van der Waals surface area (Å²) in [7, 11) is 0. The maximum atomic E-state index is 12.3. The first kappa shape index (κ1) is 16.0. The minimum Gasteiger partial charge on any atom is -0.456 e. The molecular weight excluding hydrogens is 324 g/mol. The molecule has 0 bridgehead atoms.